The first-order chi connectivity index (χ1) is 5.45. The average molecular weight is 172 g/mol. The highest BCUT2D eigenvalue weighted by Gasteiger charge is 2.07. The molecule has 0 amide bonds. The maximum absolute atomic E-state index is 11.1. The molecule has 0 bridgehead atoms. The summed E-state index contributed by atoms with van der Waals surface area (Å²) < 4.78 is 0.958. The van der Waals surface area contributed by atoms with E-state index in [1.54, 1.807) is 0 Å². The van der Waals surface area contributed by atoms with Crippen LogP contribution in [0.15, 0.2) is 0 Å². The topological polar surface area (TPSA) is 17.1 Å². The lowest BCUT2D eigenvalue weighted by Gasteiger charge is -2.23. The van der Waals surface area contributed by atoms with E-state index in [1.165, 1.54) is 0 Å². The third kappa shape index (κ3) is 7.73. The van der Waals surface area contributed by atoms with Crippen molar-refractivity contribution < 1.29 is 9.28 Å². The van der Waals surface area contributed by atoms with Gasteiger partial charge in [-0.3, -0.25) is 4.79 Å². The molecule has 0 aliphatic heterocycles. The minimum absolute atomic E-state index is 0.422. The molecule has 0 saturated carbocycles. The van der Waals surface area contributed by atoms with Gasteiger partial charge in [0.1, 0.15) is 5.78 Å². The summed E-state index contributed by atoms with van der Waals surface area (Å²) >= 11 is 0. The molecule has 0 unspecified atom stereocenters. The van der Waals surface area contributed by atoms with Gasteiger partial charge in [0.2, 0.25) is 0 Å². The molecule has 0 aliphatic carbocycles. The number of rotatable bonds is 6. The quantitative estimate of drug-likeness (QED) is 0.559. The van der Waals surface area contributed by atoms with E-state index in [-0.39, 0.29) is 0 Å². The van der Waals surface area contributed by atoms with Gasteiger partial charge in [-0.25, -0.2) is 0 Å². The fourth-order valence-corrected chi connectivity index (χ4v) is 1.15. The highest BCUT2D eigenvalue weighted by molar-refractivity contribution is 5.78. The van der Waals surface area contributed by atoms with E-state index in [4.69, 9.17) is 0 Å². The third-order valence-electron chi connectivity index (χ3n) is 1.81. The molecule has 0 saturated heterocycles. The van der Waals surface area contributed by atoms with Gasteiger partial charge < -0.3 is 4.48 Å². The highest BCUT2D eigenvalue weighted by Crippen LogP contribution is 2.01. The molecule has 2 nitrogen and oxygen atoms in total. The zero-order valence-corrected chi connectivity index (χ0v) is 8.89. The smallest absolute Gasteiger partial charge is 0.133 e. The Morgan fingerprint density at radius 1 is 1.17 bits per heavy atom. The molecule has 0 fully saturated rings. The van der Waals surface area contributed by atoms with E-state index in [9.17, 15) is 4.79 Å². The number of ketones is 1. The van der Waals surface area contributed by atoms with Crippen LogP contribution in [-0.2, 0) is 4.79 Å². The highest BCUT2D eigenvalue weighted by atomic mass is 16.1. The Bertz CT molecular complexity index is 135. The Morgan fingerprint density at radius 3 is 2.17 bits per heavy atom. The van der Waals surface area contributed by atoms with Crippen LogP contribution in [0.3, 0.4) is 0 Å². The predicted molar refractivity (Wildman–Crippen MR) is 52.0 cm³/mol. The lowest BCUT2D eigenvalue weighted by molar-refractivity contribution is -0.870. The van der Waals surface area contributed by atoms with Crippen molar-refractivity contribution in [2.45, 2.75) is 32.6 Å². The number of carbonyl (C=O) groups is 1. The molecule has 0 spiro atoms. The van der Waals surface area contributed by atoms with Crippen LogP contribution in [0, 0.1) is 0 Å². The van der Waals surface area contributed by atoms with E-state index < -0.39 is 0 Å². The summed E-state index contributed by atoms with van der Waals surface area (Å²) in [5.74, 6) is 0.422. The second kappa shape index (κ2) is 5.31. The molecular formula is C10H22NO+. The summed E-state index contributed by atoms with van der Waals surface area (Å²) in [6.07, 6.45) is 3.55. The second-order valence-corrected chi connectivity index (χ2v) is 4.41. The number of carbonyl (C=O) groups excluding carboxylic acids is 1. The minimum atomic E-state index is 0.422. The van der Waals surface area contributed by atoms with Gasteiger partial charge in [0.15, 0.2) is 0 Å². The van der Waals surface area contributed by atoms with Crippen LogP contribution >= 0.6 is 0 Å². The average Bonchev–Trinajstić information content (AvgIpc) is 1.84. The third-order valence-corrected chi connectivity index (χ3v) is 1.81. The summed E-state index contributed by atoms with van der Waals surface area (Å²) in [5.41, 5.74) is 0. The summed E-state index contributed by atoms with van der Waals surface area (Å²) in [6.45, 7) is 3.15. The Labute approximate surface area is 76.2 Å². The van der Waals surface area contributed by atoms with Crippen molar-refractivity contribution >= 4 is 5.78 Å². The number of quaternary nitrogens is 1. The summed E-state index contributed by atoms with van der Waals surface area (Å²) in [4.78, 5) is 11.1. The molecule has 0 aromatic heterocycles. The van der Waals surface area contributed by atoms with Crippen molar-refractivity contribution in [2.24, 2.45) is 0 Å². The van der Waals surface area contributed by atoms with Gasteiger partial charge in [-0.2, -0.15) is 0 Å². The van der Waals surface area contributed by atoms with E-state index in [0.29, 0.717) is 5.78 Å². The Kier molecular flexibility index (Phi) is 5.14. The number of hydrogen-bond donors (Lipinski definition) is 0. The van der Waals surface area contributed by atoms with Crippen molar-refractivity contribution in [2.75, 3.05) is 27.7 Å². The van der Waals surface area contributed by atoms with Crippen LogP contribution in [0.25, 0.3) is 0 Å². The normalized spacial score (nSPS) is 11.7. The molecular weight excluding hydrogens is 150 g/mol. The summed E-state index contributed by atoms with van der Waals surface area (Å²) in [5, 5.41) is 0. The van der Waals surface area contributed by atoms with E-state index in [0.717, 1.165) is 36.7 Å². The molecule has 0 N–H and O–H groups in total. The number of hydrogen-bond acceptors (Lipinski definition) is 1. The van der Waals surface area contributed by atoms with Gasteiger partial charge in [-0.05, 0) is 6.42 Å². The van der Waals surface area contributed by atoms with Gasteiger partial charge in [0.05, 0.1) is 27.7 Å². The van der Waals surface area contributed by atoms with E-state index in [2.05, 4.69) is 28.1 Å². The lowest BCUT2D eigenvalue weighted by atomic mass is 10.1. The van der Waals surface area contributed by atoms with Crippen molar-refractivity contribution in [3.05, 3.63) is 0 Å². The first-order valence-corrected chi connectivity index (χ1v) is 4.78. The number of Topliss-reactive ketones (excluding diaryl/α,β-unsaturated/α-hetero) is 1. The molecule has 72 valence electrons. The van der Waals surface area contributed by atoms with Gasteiger partial charge in [-0.15, -0.1) is 0 Å². The van der Waals surface area contributed by atoms with Crippen molar-refractivity contribution in [3.8, 4) is 0 Å². The second-order valence-electron chi connectivity index (χ2n) is 4.41. The molecule has 0 atom stereocenters. The molecule has 0 rings (SSSR count). The van der Waals surface area contributed by atoms with E-state index >= 15 is 0 Å². The van der Waals surface area contributed by atoms with Gasteiger partial charge in [-0.1, -0.05) is 6.92 Å². The van der Waals surface area contributed by atoms with Crippen LogP contribution in [0.1, 0.15) is 32.6 Å². The zero-order chi connectivity index (χ0) is 9.61. The lowest BCUT2D eigenvalue weighted by Crippen LogP contribution is -2.35. The van der Waals surface area contributed by atoms with Crippen LogP contribution < -0.4 is 0 Å². The van der Waals surface area contributed by atoms with Gasteiger partial charge >= 0.3 is 0 Å². The van der Waals surface area contributed by atoms with Crippen LogP contribution in [0.2, 0.25) is 0 Å². The van der Waals surface area contributed by atoms with Gasteiger partial charge in [0.25, 0.3) is 0 Å². The van der Waals surface area contributed by atoms with Crippen molar-refractivity contribution in [1.29, 1.82) is 0 Å². The monoisotopic (exact) mass is 172 g/mol. The molecule has 0 heterocycles. The maximum Gasteiger partial charge on any atom is 0.133 e. The number of nitrogens with zero attached hydrogens (tertiary/aromatic N) is 1. The first-order valence-electron chi connectivity index (χ1n) is 4.78. The van der Waals surface area contributed by atoms with Gasteiger partial charge in [0, 0.05) is 19.3 Å². The predicted octanol–water partition coefficient (Wildman–Crippen LogP) is 1.84. The Balaban J connectivity index is 3.37. The van der Waals surface area contributed by atoms with Crippen LogP contribution in [0.5, 0.6) is 0 Å². The van der Waals surface area contributed by atoms with Crippen LogP contribution in [-0.4, -0.2) is 38.0 Å². The van der Waals surface area contributed by atoms with Crippen LogP contribution in [0.4, 0.5) is 0 Å². The van der Waals surface area contributed by atoms with Crippen molar-refractivity contribution in [1.82, 2.24) is 0 Å². The summed E-state index contributed by atoms with van der Waals surface area (Å²) in [7, 11) is 6.47. The van der Waals surface area contributed by atoms with E-state index in [1.807, 2.05) is 0 Å². The van der Waals surface area contributed by atoms with Crippen molar-refractivity contribution in [3.63, 3.8) is 0 Å². The fraction of sp³-hybridized carbons (Fsp3) is 0.900. The Hall–Kier alpha value is -0.370. The molecule has 2 heteroatoms. The summed E-state index contributed by atoms with van der Waals surface area (Å²) in [6, 6.07) is 0. The largest absolute Gasteiger partial charge is 0.331 e. The minimum Gasteiger partial charge on any atom is -0.331 e. The SMILES string of the molecule is CCCC(=O)CCC[N+](C)(C)C. The maximum atomic E-state index is 11.1. The molecule has 12 heavy (non-hydrogen) atoms. The standard InChI is InChI=1S/C10H22NO/c1-5-7-10(12)8-6-9-11(2,3)4/h5-9H2,1-4H3/q+1. The fourth-order valence-electron chi connectivity index (χ4n) is 1.15. The first kappa shape index (κ1) is 11.6. The molecule has 0 aromatic carbocycles. The molecule has 0 radical (unpaired) electrons. The Morgan fingerprint density at radius 2 is 1.75 bits per heavy atom. The molecule has 0 aromatic rings. The molecule has 0 aliphatic rings. The zero-order valence-electron chi connectivity index (χ0n) is 8.89.